The Morgan fingerprint density at radius 1 is 1.50 bits per heavy atom. The van der Waals surface area contributed by atoms with Crippen molar-refractivity contribution in [3.63, 3.8) is 0 Å². The van der Waals surface area contributed by atoms with E-state index in [1.165, 1.54) is 0 Å². The summed E-state index contributed by atoms with van der Waals surface area (Å²) in [6.07, 6.45) is 5.25. The highest BCUT2D eigenvalue weighted by Gasteiger charge is 2.25. The van der Waals surface area contributed by atoms with Crippen molar-refractivity contribution in [2.45, 2.75) is 19.8 Å². The molecule has 2 heterocycles. The first-order chi connectivity index (χ1) is 7.61. The molecule has 2 aromatic rings. The number of imidazole rings is 1. The van der Waals surface area contributed by atoms with Crippen LogP contribution >= 0.6 is 0 Å². The van der Waals surface area contributed by atoms with Gasteiger partial charge in [-0.25, -0.2) is 4.98 Å². The lowest BCUT2D eigenvalue weighted by molar-refractivity contribution is -0.139. The largest absolute Gasteiger partial charge is 0.481 e. The van der Waals surface area contributed by atoms with E-state index in [1.807, 2.05) is 36.6 Å². The summed E-state index contributed by atoms with van der Waals surface area (Å²) < 4.78 is 1.84. The van der Waals surface area contributed by atoms with Gasteiger partial charge in [0.1, 0.15) is 0 Å². The van der Waals surface area contributed by atoms with Crippen LogP contribution in [0.2, 0.25) is 0 Å². The van der Waals surface area contributed by atoms with Crippen LogP contribution in [0.4, 0.5) is 0 Å². The van der Waals surface area contributed by atoms with Crippen molar-refractivity contribution in [3.8, 4) is 0 Å². The molecule has 0 radical (unpaired) electrons. The first kappa shape index (κ1) is 10.7. The highest BCUT2D eigenvalue weighted by atomic mass is 16.4. The Balaban J connectivity index is 2.60. The molecule has 1 unspecified atom stereocenters. The minimum atomic E-state index is -0.788. The molecule has 0 aromatic carbocycles. The van der Waals surface area contributed by atoms with Gasteiger partial charge >= 0.3 is 5.97 Å². The molecule has 0 aliphatic carbocycles. The molecule has 1 N–H and O–H groups in total. The molecule has 0 saturated carbocycles. The average Bonchev–Trinajstić information content (AvgIpc) is 2.65. The number of nitrogens with zero attached hydrogens (tertiary/aromatic N) is 2. The molecule has 16 heavy (non-hydrogen) atoms. The second-order valence-corrected chi connectivity index (χ2v) is 4.21. The van der Waals surface area contributed by atoms with Crippen LogP contribution in [0.25, 0.3) is 5.52 Å². The highest BCUT2D eigenvalue weighted by Crippen LogP contribution is 2.27. The van der Waals surface area contributed by atoms with Crippen LogP contribution in [0.15, 0.2) is 30.9 Å². The quantitative estimate of drug-likeness (QED) is 0.858. The van der Waals surface area contributed by atoms with Gasteiger partial charge in [-0.3, -0.25) is 4.79 Å². The number of aromatic nitrogens is 2. The zero-order valence-corrected chi connectivity index (χ0v) is 9.29. The Bertz CT molecular complexity index is 516. The molecular formula is C12H14N2O2. The van der Waals surface area contributed by atoms with Crippen molar-refractivity contribution in [1.82, 2.24) is 9.38 Å². The number of hydrogen-bond donors (Lipinski definition) is 1. The molecule has 0 saturated heterocycles. The van der Waals surface area contributed by atoms with E-state index in [0.29, 0.717) is 0 Å². The maximum Gasteiger partial charge on any atom is 0.311 e. The summed E-state index contributed by atoms with van der Waals surface area (Å²) in [6, 6.07) is 3.71. The van der Waals surface area contributed by atoms with Gasteiger partial charge in [-0.15, -0.1) is 0 Å². The standard InChI is InChI=1S/C12H14N2O2/c1-8(2)11(12(15)16)9-4-3-5-14-7-13-6-10(9)14/h3-8,11H,1-2H3,(H,15,16). The van der Waals surface area contributed by atoms with Gasteiger partial charge in [0.2, 0.25) is 0 Å². The first-order valence-corrected chi connectivity index (χ1v) is 5.24. The Hall–Kier alpha value is -1.84. The molecule has 1 atom stereocenters. The maximum absolute atomic E-state index is 11.3. The summed E-state index contributed by atoms with van der Waals surface area (Å²) in [7, 11) is 0. The van der Waals surface area contributed by atoms with Gasteiger partial charge in [0.15, 0.2) is 0 Å². The van der Waals surface area contributed by atoms with Crippen molar-refractivity contribution < 1.29 is 9.90 Å². The van der Waals surface area contributed by atoms with Gasteiger partial charge in [0.25, 0.3) is 0 Å². The van der Waals surface area contributed by atoms with E-state index in [0.717, 1.165) is 11.1 Å². The predicted octanol–water partition coefficient (Wildman–Crippen LogP) is 2.16. The Kier molecular flexibility index (Phi) is 2.64. The molecule has 0 fully saturated rings. The van der Waals surface area contributed by atoms with Crippen LogP contribution in [0.1, 0.15) is 25.3 Å². The Labute approximate surface area is 93.5 Å². The molecule has 84 valence electrons. The maximum atomic E-state index is 11.3. The number of fused-ring (bicyclic) bond motifs is 1. The monoisotopic (exact) mass is 218 g/mol. The minimum absolute atomic E-state index is 0.0543. The summed E-state index contributed by atoms with van der Waals surface area (Å²) in [4.78, 5) is 15.3. The van der Waals surface area contributed by atoms with Gasteiger partial charge in [0, 0.05) is 6.20 Å². The minimum Gasteiger partial charge on any atom is -0.481 e. The fourth-order valence-corrected chi connectivity index (χ4v) is 2.01. The number of carbonyl (C=O) groups is 1. The zero-order chi connectivity index (χ0) is 11.7. The molecule has 0 spiro atoms. The Morgan fingerprint density at radius 3 is 2.88 bits per heavy atom. The van der Waals surface area contributed by atoms with Gasteiger partial charge in [0.05, 0.1) is 24.0 Å². The van der Waals surface area contributed by atoms with Crippen LogP contribution in [0.5, 0.6) is 0 Å². The van der Waals surface area contributed by atoms with E-state index in [1.54, 1.807) is 12.5 Å². The highest BCUT2D eigenvalue weighted by molar-refractivity contribution is 5.79. The van der Waals surface area contributed by atoms with Crippen molar-refractivity contribution >= 4 is 11.5 Å². The number of carboxylic acid groups (broad SMARTS) is 1. The van der Waals surface area contributed by atoms with Gasteiger partial charge < -0.3 is 9.51 Å². The van der Waals surface area contributed by atoms with Crippen molar-refractivity contribution in [2.75, 3.05) is 0 Å². The number of pyridine rings is 1. The third-order valence-electron chi connectivity index (χ3n) is 2.75. The van der Waals surface area contributed by atoms with Crippen molar-refractivity contribution in [3.05, 3.63) is 36.4 Å². The van der Waals surface area contributed by atoms with E-state index in [4.69, 9.17) is 0 Å². The van der Waals surface area contributed by atoms with Gasteiger partial charge in [-0.05, 0) is 17.5 Å². The lowest BCUT2D eigenvalue weighted by atomic mass is 9.88. The van der Waals surface area contributed by atoms with Crippen molar-refractivity contribution in [2.24, 2.45) is 5.92 Å². The predicted molar refractivity (Wildman–Crippen MR) is 60.4 cm³/mol. The van der Waals surface area contributed by atoms with E-state index >= 15 is 0 Å². The smallest absolute Gasteiger partial charge is 0.311 e. The van der Waals surface area contributed by atoms with Gasteiger partial charge in [-0.2, -0.15) is 0 Å². The zero-order valence-electron chi connectivity index (χ0n) is 9.29. The average molecular weight is 218 g/mol. The summed E-state index contributed by atoms with van der Waals surface area (Å²) in [6.45, 7) is 3.83. The van der Waals surface area contributed by atoms with E-state index in [-0.39, 0.29) is 5.92 Å². The number of hydrogen-bond acceptors (Lipinski definition) is 2. The van der Waals surface area contributed by atoms with Gasteiger partial charge in [-0.1, -0.05) is 19.9 Å². The molecule has 4 heteroatoms. The summed E-state index contributed by atoms with van der Waals surface area (Å²) in [5.74, 6) is -1.22. The Morgan fingerprint density at radius 2 is 2.25 bits per heavy atom. The number of aliphatic carboxylic acids is 1. The van der Waals surface area contributed by atoms with Crippen LogP contribution < -0.4 is 0 Å². The lowest BCUT2D eigenvalue weighted by Gasteiger charge is -2.17. The second-order valence-electron chi connectivity index (χ2n) is 4.21. The molecule has 0 aliphatic rings. The number of carboxylic acids is 1. The molecule has 0 bridgehead atoms. The van der Waals surface area contributed by atoms with Crippen LogP contribution in [0, 0.1) is 5.92 Å². The van der Waals surface area contributed by atoms with Crippen LogP contribution in [0.3, 0.4) is 0 Å². The topological polar surface area (TPSA) is 54.6 Å². The van der Waals surface area contributed by atoms with Crippen LogP contribution in [-0.4, -0.2) is 20.5 Å². The van der Waals surface area contributed by atoms with E-state index < -0.39 is 11.9 Å². The number of rotatable bonds is 3. The molecule has 2 rings (SSSR count). The van der Waals surface area contributed by atoms with Crippen molar-refractivity contribution in [1.29, 1.82) is 0 Å². The summed E-state index contributed by atoms with van der Waals surface area (Å²) >= 11 is 0. The normalized spacial score (nSPS) is 13.2. The lowest BCUT2D eigenvalue weighted by Crippen LogP contribution is -2.18. The van der Waals surface area contributed by atoms with E-state index in [2.05, 4.69) is 4.98 Å². The van der Waals surface area contributed by atoms with Crippen LogP contribution in [-0.2, 0) is 4.79 Å². The summed E-state index contributed by atoms with van der Waals surface area (Å²) in [5.41, 5.74) is 1.69. The molecule has 2 aromatic heterocycles. The summed E-state index contributed by atoms with van der Waals surface area (Å²) in [5, 5.41) is 9.26. The third-order valence-corrected chi connectivity index (χ3v) is 2.75. The molecule has 4 nitrogen and oxygen atoms in total. The molecule has 0 aliphatic heterocycles. The molecule has 0 amide bonds. The second kappa shape index (κ2) is 3.96. The fourth-order valence-electron chi connectivity index (χ4n) is 2.01. The molecular weight excluding hydrogens is 204 g/mol. The SMILES string of the molecule is CC(C)C(C(=O)O)c1cccn2cncc12. The third kappa shape index (κ3) is 1.66. The van der Waals surface area contributed by atoms with E-state index in [9.17, 15) is 9.90 Å². The fraction of sp³-hybridized carbons (Fsp3) is 0.333. The first-order valence-electron chi connectivity index (χ1n) is 5.24.